The van der Waals surface area contributed by atoms with Crippen LogP contribution in [0.5, 0.6) is 17.2 Å². The van der Waals surface area contributed by atoms with Gasteiger partial charge in [-0.2, -0.15) is 4.57 Å². The second-order valence-corrected chi connectivity index (χ2v) is 7.88. The smallest absolute Gasteiger partial charge is 0.239 e. The van der Waals surface area contributed by atoms with Crippen LogP contribution in [0, 0.1) is 0 Å². The highest BCUT2D eigenvalue weighted by molar-refractivity contribution is 7.99. The van der Waals surface area contributed by atoms with Gasteiger partial charge in [-0.1, -0.05) is 30.8 Å². The summed E-state index contributed by atoms with van der Waals surface area (Å²) >= 11 is 1.86. The summed E-state index contributed by atoms with van der Waals surface area (Å²) in [6.45, 7) is 2.90. The number of aromatic nitrogens is 1. The molecule has 166 valence electrons. The van der Waals surface area contributed by atoms with Gasteiger partial charge in [-0.25, -0.2) is 0 Å². The average Bonchev–Trinajstić information content (AvgIpc) is 2.80. The first-order chi connectivity index (χ1) is 15.1. The Morgan fingerprint density at radius 2 is 1.81 bits per heavy atom. The quantitative estimate of drug-likeness (QED) is 0.198. The fourth-order valence-electron chi connectivity index (χ4n) is 2.89. The van der Waals surface area contributed by atoms with Crippen LogP contribution in [0.1, 0.15) is 25.3 Å². The maximum Gasteiger partial charge on any atom is 0.239 e. The van der Waals surface area contributed by atoms with E-state index in [4.69, 9.17) is 19.2 Å². The van der Waals surface area contributed by atoms with Gasteiger partial charge in [0.25, 0.3) is 0 Å². The lowest BCUT2D eigenvalue weighted by molar-refractivity contribution is -0.708. The van der Waals surface area contributed by atoms with Crippen LogP contribution in [0.2, 0.25) is 0 Å². The molecule has 0 aliphatic rings. The van der Waals surface area contributed by atoms with Gasteiger partial charge in [0.1, 0.15) is 7.05 Å². The number of allylic oxidation sites excluding steroid dienone is 3. The molecule has 2 rings (SSSR count). The molecule has 0 fully saturated rings. The second kappa shape index (κ2) is 13.5. The van der Waals surface area contributed by atoms with Gasteiger partial charge in [-0.15, -0.1) is 0 Å². The van der Waals surface area contributed by atoms with E-state index in [0.29, 0.717) is 17.2 Å². The number of rotatable bonds is 12. The molecule has 0 aliphatic carbocycles. The Kier molecular flexibility index (Phi) is 10.7. The largest absolute Gasteiger partial charge is 0.493 e. The molecule has 0 N–H and O–H groups in total. The summed E-state index contributed by atoms with van der Waals surface area (Å²) in [4.78, 5) is 4.78. The molecule has 1 aromatic heterocycles. The molecule has 0 amide bonds. The summed E-state index contributed by atoms with van der Waals surface area (Å²) in [7, 11) is 6.92. The predicted molar refractivity (Wildman–Crippen MR) is 130 cm³/mol. The molecule has 0 unspecified atom stereocenters. The molecular weight excluding hydrogens is 408 g/mol. The summed E-state index contributed by atoms with van der Waals surface area (Å²) in [6, 6.07) is 10.1. The number of methoxy groups -OCH3 is 3. The van der Waals surface area contributed by atoms with E-state index < -0.39 is 0 Å². The molecule has 1 aromatic carbocycles. The van der Waals surface area contributed by atoms with Crippen LogP contribution >= 0.6 is 11.8 Å². The van der Waals surface area contributed by atoms with Gasteiger partial charge in [0.05, 0.1) is 27.0 Å². The number of aliphatic imine (C=N–C) groups is 1. The van der Waals surface area contributed by atoms with Gasteiger partial charge >= 0.3 is 0 Å². The van der Waals surface area contributed by atoms with Crippen molar-refractivity contribution in [1.82, 2.24) is 0 Å². The Bertz CT molecular complexity index is 898. The van der Waals surface area contributed by atoms with Crippen LogP contribution in [0.15, 0.2) is 64.8 Å². The third kappa shape index (κ3) is 7.79. The molecule has 0 saturated heterocycles. The number of pyridine rings is 1. The second-order valence-electron chi connectivity index (χ2n) is 6.76. The van der Waals surface area contributed by atoms with Gasteiger partial charge in [0, 0.05) is 24.4 Å². The van der Waals surface area contributed by atoms with E-state index in [9.17, 15) is 0 Å². The number of aryl methyl sites for hydroxylation is 1. The molecule has 5 nitrogen and oxygen atoms in total. The highest BCUT2D eigenvalue weighted by atomic mass is 32.2. The summed E-state index contributed by atoms with van der Waals surface area (Å²) in [6.07, 6.45) is 12.3. The van der Waals surface area contributed by atoms with Gasteiger partial charge in [-0.3, -0.25) is 4.99 Å². The minimum Gasteiger partial charge on any atom is -0.493 e. The van der Waals surface area contributed by atoms with E-state index in [1.165, 1.54) is 5.03 Å². The molecule has 0 aliphatic heterocycles. The van der Waals surface area contributed by atoms with Gasteiger partial charge < -0.3 is 14.2 Å². The first-order valence-corrected chi connectivity index (χ1v) is 11.4. The average molecular weight is 442 g/mol. The van der Waals surface area contributed by atoms with E-state index in [2.05, 4.69) is 49.0 Å². The van der Waals surface area contributed by atoms with Crippen LogP contribution in [-0.2, 0) is 7.05 Å². The number of benzene rings is 1. The minimum absolute atomic E-state index is 0.589. The molecule has 1 heterocycles. The third-order valence-corrected chi connectivity index (χ3v) is 5.72. The van der Waals surface area contributed by atoms with Crippen LogP contribution in [-0.4, -0.2) is 39.3 Å². The van der Waals surface area contributed by atoms with E-state index in [-0.39, 0.29) is 0 Å². The molecule has 2 aromatic rings. The minimum atomic E-state index is 0.589. The summed E-state index contributed by atoms with van der Waals surface area (Å²) in [5.41, 5.74) is 1.91. The zero-order valence-corrected chi connectivity index (χ0v) is 19.9. The lowest BCUT2D eigenvalue weighted by atomic mass is 10.1. The lowest BCUT2D eigenvalue weighted by Crippen LogP contribution is -2.29. The Balaban J connectivity index is 2.05. The van der Waals surface area contributed by atoms with Crippen molar-refractivity contribution >= 4 is 23.5 Å². The zero-order valence-electron chi connectivity index (χ0n) is 19.1. The van der Waals surface area contributed by atoms with Crippen molar-refractivity contribution in [2.75, 3.05) is 33.6 Å². The Hall–Kier alpha value is -2.73. The van der Waals surface area contributed by atoms with Crippen molar-refractivity contribution in [3.63, 3.8) is 0 Å². The number of ether oxygens (including phenoxy) is 3. The maximum absolute atomic E-state index is 5.44. The fraction of sp³-hybridized carbons (Fsp3) is 0.360. The summed E-state index contributed by atoms with van der Waals surface area (Å²) < 4.78 is 18.4. The first kappa shape index (κ1) is 24.5. The molecular formula is C25H33N2O3S+. The number of thioether (sulfide) groups is 1. The van der Waals surface area contributed by atoms with E-state index in [1.54, 1.807) is 21.3 Å². The fourth-order valence-corrected chi connectivity index (χ4v) is 3.81. The Morgan fingerprint density at radius 1 is 1.06 bits per heavy atom. The standard InChI is InChI=1S/C25H33N2O3S/c1-6-7-11-21(26-15-10-17-31-24-12-8-9-16-27(24)2)14-13-20-18-22(28-3)25(30-5)23(19-20)29-4/h7-9,11-14,16,18-19H,6,10,15,17H2,1-5H3/q+1/b11-7-,14-13+,26-21?. The van der Waals surface area contributed by atoms with E-state index >= 15 is 0 Å². The lowest BCUT2D eigenvalue weighted by Gasteiger charge is -2.12. The topological polar surface area (TPSA) is 43.9 Å². The maximum atomic E-state index is 5.44. The monoisotopic (exact) mass is 441 g/mol. The summed E-state index contributed by atoms with van der Waals surface area (Å²) in [5.74, 6) is 2.89. The van der Waals surface area contributed by atoms with Crippen molar-refractivity contribution in [2.45, 2.75) is 24.8 Å². The van der Waals surface area contributed by atoms with Crippen molar-refractivity contribution in [2.24, 2.45) is 12.0 Å². The first-order valence-electron chi connectivity index (χ1n) is 10.4. The van der Waals surface area contributed by atoms with E-state index in [0.717, 1.165) is 36.4 Å². The van der Waals surface area contributed by atoms with Gasteiger partial charge in [0.15, 0.2) is 17.7 Å². The zero-order chi connectivity index (χ0) is 22.5. The highest BCUT2D eigenvalue weighted by Crippen LogP contribution is 2.38. The number of nitrogens with zero attached hydrogens (tertiary/aromatic N) is 2. The van der Waals surface area contributed by atoms with Gasteiger partial charge in [0.2, 0.25) is 10.8 Å². The van der Waals surface area contributed by atoms with Gasteiger partial charge in [-0.05, 0) is 48.8 Å². The molecule has 0 atom stereocenters. The van der Waals surface area contributed by atoms with Crippen LogP contribution < -0.4 is 18.8 Å². The van der Waals surface area contributed by atoms with E-state index in [1.807, 2.05) is 42.1 Å². The Labute approximate surface area is 190 Å². The van der Waals surface area contributed by atoms with Crippen LogP contribution in [0.3, 0.4) is 0 Å². The Morgan fingerprint density at radius 3 is 2.42 bits per heavy atom. The van der Waals surface area contributed by atoms with Crippen molar-refractivity contribution in [3.8, 4) is 17.2 Å². The molecule has 31 heavy (non-hydrogen) atoms. The summed E-state index contributed by atoms with van der Waals surface area (Å²) in [5, 5.41) is 1.26. The number of hydrogen-bond donors (Lipinski definition) is 0. The van der Waals surface area contributed by atoms with Crippen molar-refractivity contribution in [1.29, 1.82) is 0 Å². The third-order valence-electron chi connectivity index (χ3n) is 4.51. The molecule has 0 saturated carbocycles. The number of hydrogen-bond acceptors (Lipinski definition) is 5. The SMILES string of the molecule is CC/C=C\C(/C=C/c1cc(OC)c(OC)c(OC)c1)=NCCCSc1cccc[n+]1C. The molecule has 0 bridgehead atoms. The van der Waals surface area contributed by atoms with Crippen molar-refractivity contribution < 1.29 is 18.8 Å². The normalized spacial score (nSPS) is 12.0. The molecule has 0 radical (unpaired) electrons. The van der Waals surface area contributed by atoms with Crippen LogP contribution in [0.4, 0.5) is 0 Å². The molecule has 0 spiro atoms. The highest BCUT2D eigenvalue weighted by Gasteiger charge is 2.12. The predicted octanol–water partition coefficient (Wildman–Crippen LogP) is 5.14. The molecule has 6 heteroatoms. The van der Waals surface area contributed by atoms with Crippen molar-refractivity contribution in [3.05, 3.63) is 60.3 Å². The van der Waals surface area contributed by atoms with Crippen LogP contribution in [0.25, 0.3) is 6.08 Å².